The van der Waals surface area contributed by atoms with Crippen LogP contribution in [0.15, 0.2) is 48.3 Å². The number of rotatable bonds is 6. The van der Waals surface area contributed by atoms with E-state index in [0.29, 0.717) is 37.3 Å². The van der Waals surface area contributed by atoms with Gasteiger partial charge in [0, 0.05) is 44.1 Å². The fraction of sp³-hybridized carbons (Fsp3) is 0.375. The van der Waals surface area contributed by atoms with Crippen LogP contribution in [0.4, 0.5) is 4.39 Å². The molecule has 3 heterocycles. The van der Waals surface area contributed by atoms with E-state index in [1.165, 1.54) is 17.0 Å². The van der Waals surface area contributed by atoms with E-state index in [9.17, 15) is 19.1 Å². The lowest BCUT2D eigenvalue weighted by atomic mass is 9.95. The summed E-state index contributed by atoms with van der Waals surface area (Å²) in [4.78, 5) is 33.7. The van der Waals surface area contributed by atoms with Crippen LogP contribution in [0.3, 0.4) is 0 Å². The molecule has 2 fully saturated rings. The monoisotopic (exact) mass is 439 g/mol. The van der Waals surface area contributed by atoms with Crippen LogP contribution in [0.2, 0.25) is 0 Å². The van der Waals surface area contributed by atoms with Crippen LogP contribution in [0.25, 0.3) is 5.76 Å². The molecule has 1 aromatic carbocycles. The summed E-state index contributed by atoms with van der Waals surface area (Å²) >= 11 is 0. The zero-order chi connectivity index (χ0) is 22.7. The van der Waals surface area contributed by atoms with E-state index < -0.39 is 23.5 Å². The zero-order valence-corrected chi connectivity index (χ0v) is 18.0. The molecule has 168 valence electrons. The first-order valence-corrected chi connectivity index (χ1v) is 10.7. The van der Waals surface area contributed by atoms with E-state index in [1.54, 1.807) is 37.5 Å². The highest BCUT2D eigenvalue weighted by Gasteiger charge is 2.45. The Kier molecular flexibility index (Phi) is 6.62. The first-order chi connectivity index (χ1) is 15.5. The van der Waals surface area contributed by atoms with E-state index in [2.05, 4.69) is 9.88 Å². The molecule has 0 spiro atoms. The number of nitrogens with zero attached hydrogens (tertiary/aromatic N) is 3. The van der Waals surface area contributed by atoms with Gasteiger partial charge in [-0.2, -0.15) is 0 Å². The van der Waals surface area contributed by atoms with Gasteiger partial charge in [-0.1, -0.05) is 12.1 Å². The largest absolute Gasteiger partial charge is 0.507 e. The van der Waals surface area contributed by atoms with Crippen LogP contribution in [-0.2, 0) is 14.3 Å². The fourth-order valence-corrected chi connectivity index (χ4v) is 4.19. The van der Waals surface area contributed by atoms with Crippen molar-refractivity contribution in [2.24, 2.45) is 0 Å². The Bertz CT molecular complexity index is 1030. The van der Waals surface area contributed by atoms with Gasteiger partial charge in [0.15, 0.2) is 0 Å². The van der Waals surface area contributed by atoms with Crippen LogP contribution < -0.4 is 0 Å². The summed E-state index contributed by atoms with van der Waals surface area (Å²) < 4.78 is 19.5. The van der Waals surface area contributed by atoms with Crippen molar-refractivity contribution in [1.29, 1.82) is 0 Å². The minimum Gasteiger partial charge on any atom is -0.507 e. The summed E-state index contributed by atoms with van der Waals surface area (Å²) in [5.41, 5.74) is 1.23. The Hall–Kier alpha value is -3.10. The summed E-state index contributed by atoms with van der Waals surface area (Å²) in [6, 6.07) is 6.93. The zero-order valence-electron chi connectivity index (χ0n) is 18.0. The topological polar surface area (TPSA) is 83.0 Å². The molecule has 0 bridgehead atoms. The molecule has 0 aliphatic carbocycles. The van der Waals surface area contributed by atoms with E-state index in [0.717, 1.165) is 19.6 Å². The third-order valence-electron chi connectivity index (χ3n) is 5.98. The molecular formula is C24H26FN3O4. The number of pyridine rings is 1. The second kappa shape index (κ2) is 9.58. The number of aliphatic hydroxyl groups is 1. The van der Waals surface area contributed by atoms with Crippen molar-refractivity contribution < 1.29 is 23.8 Å². The molecule has 4 rings (SSSR count). The summed E-state index contributed by atoms with van der Waals surface area (Å²) in [5.74, 6) is -2.30. The van der Waals surface area contributed by atoms with Gasteiger partial charge in [0.05, 0.1) is 24.8 Å². The highest BCUT2D eigenvalue weighted by molar-refractivity contribution is 6.46. The van der Waals surface area contributed by atoms with Gasteiger partial charge in [-0.05, 0) is 42.7 Å². The lowest BCUT2D eigenvalue weighted by Gasteiger charge is -2.29. The predicted molar refractivity (Wildman–Crippen MR) is 116 cm³/mol. The molecule has 2 aliphatic heterocycles. The third-order valence-corrected chi connectivity index (χ3v) is 5.98. The lowest BCUT2D eigenvalue weighted by molar-refractivity contribution is -0.140. The molecule has 2 aromatic rings. The summed E-state index contributed by atoms with van der Waals surface area (Å²) in [6.45, 7) is 5.80. The predicted octanol–water partition coefficient (Wildman–Crippen LogP) is 2.67. The normalized spacial score (nSPS) is 21.3. The van der Waals surface area contributed by atoms with Gasteiger partial charge in [-0.15, -0.1) is 0 Å². The van der Waals surface area contributed by atoms with Gasteiger partial charge in [-0.25, -0.2) is 4.39 Å². The van der Waals surface area contributed by atoms with Crippen LogP contribution in [0.1, 0.15) is 29.2 Å². The molecule has 2 aliphatic rings. The number of hydrogen-bond acceptors (Lipinski definition) is 6. The van der Waals surface area contributed by atoms with Crippen molar-refractivity contribution in [1.82, 2.24) is 14.8 Å². The number of amides is 1. The Morgan fingerprint density at radius 1 is 1.16 bits per heavy atom. The van der Waals surface area contributed by atoms with Crippen LogP contribution in [-0.4, -0.2) is 71.0 Å². The summed E-state index contributed by atoms with van der Waals surface area (Å²) in [7, 11) is 0. The number of aryl methyl sites for hydroxylation is 1. The number of aliphatic hydroxyl groups excluding tert-OH is 1. The van der Waals surface area contributed by atoms with Gasteiger partial charge in [0.2, 0.25) is 0 Å². The summed E-state index contributed by atoms with van der Waals surface area (Å²) in [6.07, 6.45) is 3.83. The quantitative estimate of drug-likeness (QED) is 0.423. The molecule has 2 saturated heterocycles. The number of carbonyl (C=O) groups excluding carboxylic acids is 2. The third kappa shape index (κ3) is 4.42. The number of ether oxygens (including phenoxy) is 1. The highest BCUT2D eigenvalue weighted by Crippen LogP contribution is 2.39. The second-order valence-electron chi connectivity index (χ2n) is 8.04. The number of ketones is 1. The smallest absolute Gasteiger partial charge is 0.295 e. The Morgan fingerprint density at radius 3 is 2.56 bits per heavy atom. The molecule has 1 aromatic heterocycles. The number of carbonyl (C=O) groups is 2. The van der Waals surface area contributed by atoms with E-state index in [-0.39, 0.29) is 16.9 Å². The maximum absolute atomic E-state index is 14.1. The highest BCUT2D eigenvalue weighted by atomic mass is 19.1. The molecule has 0 radical (unpaired) electrons. The van der Waals surface area contributed by atoms with Crippen molar-refractivity contribution in [2.75, 3.05) is 39.4 Å². The minimum atomic E-state index is -0.767. The van der Waals surface area contributed by atoms with Crippen molar-refractivity contribution >= 4 is 17.4 Å². The minimum absolute atomic E-state index is 0.0316. The molecule has 1 atom stereocenters. The standard InChI is InChI=1S/C24H26FN3O4/c1-16-3-4-18(15-19(16)25)22(29)20-21(17-5-7-26-8-6-17)28(24(31)23(20)30)10-2-9-27-11-13-32-14-12-27/h3-8,15,21,29H,2,9-14H2,1H3/t21-/m1/s1. The van der Waals surface area contributed by atoms with Crippen molar-refractivity contribution in [3.8, 4) is 0 Å². The number of morpholine rings is 1. The van der Waals surface area contributed by atoms with Gasteiger partial charge in [0.1, 0.15) is 11.6 Å². The van der Waals surface area contributed by atoms with Crippen LogP contribution in [0.5, 0.6) is 0 Å². The van der Waals surface area contributed by atoms with Crippen molar-refractivity contribution in [3.05, 3.63) is 70.8 Å². The van der Waals surface area contributed by atoms with Crippen LogP contribution in [0, 0.1) is 12.7 Å². The molecule has 7 nitrogen and oxygen atoms in total. The number of halogens is 1. The molecule has 1 amide bonds. The molecule has 0 unspecified atom stereocenters. The average Bonchev–Trinajstić information content (AvgIpc) is 3.06. The van der Waals surface area contributed by atoms with Crippen molar-refractivity contribution in [3.63, 3.8) is 0 Å². The van der Waals surface area contributed by atoms with Gasteiger partial charge in [-0.3, -0.25) is 19.5 Å². The maximum Gasteiger partial charge on any atom is 0.295 e. The molecule has 1 N–H and O–H groups in total. The number of Topliss-reactive ketones (excluding diaryl/α,β-unsaturated/α-hetero) is 1. The van der Waals surface area contributed by atoms with Gasteiger partial charge in [0.25, 0.3) is 11.7 Å². The summed E-state index contributed by atoms with van der Waals surface area (Å²) in [5, 5.41) is 11.0. The van der Waals surface area contributed by atoms with Crippen LogP contribution >= 0.6 is 0 Å². The van der Waals surface area contributed by atoms with E-state index in [4.69, 9.17) is 4.74 Å². The van der Waals surface area contributed by atoms with Gasteiger partial charge >= 0.3 is 0 Å². The Morgan fingerprint density at radius 2 is 1.88 bits per heavy atom. The number of likely N-dealkylation sites (tertiary alicyclic amines) is 1. The molecule has 8 heteroatoms. The SMILES string of the molecule is Cc1ccc(C(O)=C2C(=O)C(=O)N(CCCN3CCOCC3)[C@@H]2c2ccncc2)cc1F. The Labute approximate surface area is 186 Å². The number of benzene rings is 1. The maximum atomic E-state index is 14.1. The van der Waals surface area contributed by atoms with E-state index >= 15 is 0 Å². The molecule has 0 saturated carbocycles. The average molecular weight is 439 g/mol. The number of hydrogen-bond donors (Lipinski definition) is 1. The second-order valence-corrected chi connectivity index (χ2v) is 8.04. The van der Waals surface area contributed by atoms with Crippen molar-refractivity contribution in [2.45, 2.75) is 19.4 Å². The lowest BCUT2D eigenvalue weighted by Crippen LogP contribution is -2.38. The first-order valence-electron chi connectivity index (χ1n) is 10.7. The molecular weight excluding hydrogens is 413 g/mol. The fourth-order valence-electron chi connectivity index (χ4n) is 4.19. The first kappa shape index (κ1) is 22.1. The van der Waals surface area contributed by atoms with E-state index in [1.807, 2.05) is 0 Å². The Balaban J connectivity index is 1.66. The van der Waals surface area contributed by atoms with Gasteiger partial charge < -0.3 is 14.7 Å². The number of aromatic nitrogens is 1. The molecule has 32 heavy (non-hydrogen) atoms.